The van der Waals surface area contributed by atoms with Crippen LogP contribution in [0.1, 0.15) is 39.5 Å². The molecule has 3 atom stereocenters. The summed E-state index contributed by atoms with van der Waals surface area (Å²) in [6, 6.07) is -1.01. The standard InChI is InChI=1S/C12H23F3N2O3S/c1-3-9(2)20-11(18)10(16)5-8-21(17,19)7-4-6-12(13,14)15/h9-10,17H,3-8,16H2,1-2H3/t9?,10-,21?/m0/s1. The number of carbonyl (C=O) groups excluding carboxylic acids is 1. The van der Waals surface area contributed by atoms with Crippen LogP contribution in [0, 0.1) is 4.78 Å². The second-order valence-corrected chi connectivity index (χ2v) is 7.43. The summed E-state index contributed by atoms with van der Waals surface area (Å²) in [6.45, 7) is 3.54. The zero-order chi connectivity index (χ0) is 16.7. The minimum Gasteiger partial charge on any atom is -0.462 e. The summed E-state index contributed by atoms with van der Waals surface area (Å²) < 4.78 is 60.2. The topological polar surface area (TPSA) is 93.2 Å². The summed E-state index contributed by atoms with van der Waals surface area (Å²) in [5.74, 6) is -1.20. The Bertz CT molecular complexity index is 424. The molecule has 0 heterocycles. The van der Waals surface area contributed by atoms with E-state index in [0.29, 0.717) is 6.42 Å². The normalized spacial score (nSPS) is 17.8. The zero-order valence-corrected chi connectivity index (χ0v) is 13.1. The number of nitrogens with one attached hydrogen (secondary N) is 1. The average Bonchev–Trinajstić information content (AvgIpc) is 2.33. The molecule has 0 aromatic heterocycles. The van der Waals surface area contributed by atoms with Crippen molar-refractivity contribution in [2.24, 2.45) is 5.73 Å². The van der Waals surface area contributed by atoms with Crippen LogP contribution < -0.4 is 5.73 Å². The Balaban J connectivity index is 4.15. The van der Waals surface area contributed by atoms with E-state index in [1.54, 1.807) is 6.92 Å². The number of hydrogen-bond donors (Lipinski definition) is 2. The molecular formula is C12H23F3N2O3S. The Kier molecular flexibility index (Phi) is 8.23. The van der Waals surface area contributed by atoms with Gasteiger partial charge in [-0.3, -0.25) is 9.57 Å². The lowest BCUT2D eigenvalue weighted by Gasteiger charge is -2.16. The van der Waals surface area contributed by atoms with Crippen molar-refractivity contribution in [2.75, 3.05) is 11.5 Å². The van der Waals surface area contributed by atoms with Crippen LogP contribution in [0.4, 0.5) is 13.2 Å². The number of hydrogen-bond acceptors (Lipinski definition) is 5. The quantitative estimate of drug-likeness (QED) is 0.634. The average molecular weight is 332 g/mol. The van der Waals surface area contributed by atoms with Gasteiger partial charge in [-0.2, -0.15) is 13.2 Å². The molecule has 0 saturated carbocycles. The second kappa shape index (κ2) is 8.57. The molecular weight excluding hydrogens is 309 g/mol. The van der Waals surface area contributed by atoms with Crippen molar-refractivity contribution in [2.45, 2.75) is 57.9 Å². The Labute approximate surface area is 123 Å². The van der Waals surface area contributed by atoms with Gasteiger partial charge < -0.3 is 10.5 Å². The van der Waals surface area contributed by atoms with E-state index in [-0.39, 0.29) is 30.5 Å². The van der Waals surface area contributed by atoms with Crippen LogP contribution in [-0.4, -0.2) is 40.0 Å². The lowest BCUT2D eigenvalue weighted by molar-refractivity contribution is -0.150. The fraction of sp³-hybridized carbons (Fsp3) is 0.917. The first-order chi connectivity index (χ1) is 9.47. The summed E-state index contributed by atoms with van der Waals surface area (Å²) in [5, 5.41) is 0. The molecule has 0 rings (SSSR count). The monoisotopic (exact) mass is 332 g/mol. The van der Waals surface area contributed by atoms with E-state index in [2.05, 4.69) is 0 Å². The lowest BCUT2D eigenvalue weighted by atomic mass is 10.2. The number of alkyl halides is 3. The molecule has 0 amide bonds. The van der Waals surface area contributed by atoms with Crippen molar-refractivity contribution in [1.29, 1.82) is 4.78 Å². The first-order valence-corrected chi connectivity index (χ1v) is 8.63. The number of halogens is 3. The third kappa shape index (κ3) is 10.5. The highest BCUT2D eigenvalue weighted by atomic mass is 32.2. The summed E-state index contributed by atoms with van der Waals surface area (Å²) >= 11 is 0. The van der Waals surface area contributed by atoms with Gasteiger partial charge in [-0.05, 0) is 26.2 Å². The zero-order valence-electron chi connectivity index (χ0n) is 12.2. The van der Waals surface area contributed by atoms with Crippen LogP contribution >= 0.6 is 0 Å². The number of ether oxygens (including phenoxy) is 1. The van der Waals surface area contributed by atoms with Crippen LogP contribution in [0.15, 0.2) is 0 Å². The van der Waals surface area contributed by atoms with E-state index in [1.165, 1.54) is 0 Å². The molecule has 2 unspecified atom stereocenters. The maximum atomic E-state index is 12.0. The van der Waals surface area contributed by atoms with Gasteiger partial charge in [0.1, 0.15) is 6.04 Å². The van der Waals surface area contributed by atoms with Crippen LogP contribution in [-0.2, 0) is 19.3 Å². The number of esters is 1. The molecule has 0 spiro atoms. The molecule has 21 heavy (non-hydrogen) atoms. The van der Waals surface area contributed by atoms with Crippen LogP contribution in [0.3, 0.4) is 0 Å². The van der Waals surface area contributed by atoms with Crippen LogP contribution in [0.25, 0.3) is 0 Å². The second-order valence-electron chi connectivity index (χ2n) is 4.99. The smallest absolute Gasteiger partial charge is 0.389 e. The molecule has 0 saturated heterocycles. The van der Waals surface area contributed by atoms with Crippen molar-refractivity contribution in [3.63, 3.8) is 0 Å². The van der Waals surface area contributed by atoms with E-state index < -0.39 is 34.3 Å². The van der Waals surface area contributed by atoms with Crippen LogP contribution in [0.5, 0.6) is 0 Å². The molecule has 0 aromatic rings. The van der Waals surface area contributed by atoms with Crippen molar-refractivity contribution < 1.29 is 26.9 Å². The Hall–Kier alpha value is -0.830. The maximum Gasteiger partial charge on any atom is 0.389 e. The Morgan fingerprint density at radius 2 is 1.95 bits per heavy atom. The lowest BCUT2D eigenvalue weighted by Crippen LogP contribution is -2.36. The molecule has 126 valence electrons. The predicted octanol–water partition coefficient (Wildman–Crippen LogP) is 2.43. The fourth-order valence-electron chi connectivity index (χ4n) is 1.41. The molecule has 0 aliphatic carbocycles. The molecule has 0 aromatic carbocycles. The van der Waals surface area contributed by atoms with Crippen molar-refractivity contribution >= 4 is 15.7 Å². The first kappa shape index (κ1) is 20.2. The minimum atomic E-state index is -4.31. The SMILES string of the molecule is CCC(C)OC(=O)[C@@H](N)CCS(=N)(=O)CCCC(F)(F)F. The largest absolute Gasteiger partial charge is 0.462 e. The van der Waals surface area contributed by atoms with Crippen LogP contribution in [0.2, 0.25) is 0 Å². The number of carbonyl (C=O) groups is 1. The van der Waals surface area contributed by atoms with Gasteiger partial charge in [0.2, 0.25) is 0 Å². The van der Waals surface area contributed by atoms with Gasteiger partial charge in [0.15, 0.2) is 0 Å². The fourth-order valence-corrected chi connectivity index (χ4v) is 2.86. The van der Waals surface area contributed by atoms with E-state index in [1.807, 2.05) is 6.92 Å². The summed E-state index contributed by atoms with van der Waals surface area (Å²) in [5.41, 5.74) is 5.56. The van der Waals surface area contributed by atoms with Gasteiger partial charge in [-0.1, -0.05) is 6.92 Å². The highest BCUT2D eigenvalue weighted by Crippen LogP contribution is 2.21. The van der Waals surface area contributed by atoms with Crippen molar-refractivity contribution in [1.82, 2.24) is 0 Å². The van der Waals surface area contributed by atoms with Gasteiger partial charge in [-0.25, -0.2) is 4.21 Å². The highest BCUT2D eigenvalue weighted by molar-refractivity contribution is 7.92. The van der Waals surface area contributed by atoms with E-state index >= 15 is 0 Å². The maximum absolute atomic E-state index is 12.0. The third-order valence-corrected chi connectivity index (χ3v) is 4.73. The highest BCUT2D eigenvalue weighted by Gasteiger charge is 2.27. The predicted molar refractivity (Wildman–Crippen MR) is 74.3 cm³/mol. The van der Waals surface area contributed by atoms with Gasteiger partial charge in [0.25, 0.3) is 0 Å². The summed E-state index contributed by atoms with van der Waals surface area (Å²) in [4.78, 5) is 11.5. The van der Waals surface area contributed by atoms with Gasteiger partial charge in [-0.15, -0.1) is 0 Å². The van der Waals surface area contributed by atoms with E-state index in [9.17, 15) is 22.2 Å². The van der Waals surface area contributed by atoms with Gasteiger partial charge >= 0.3 is 12.1 Å². The molecule has 0 bridgehead atoms. The van der Waals surface area contributed by atoms with Gasteiger partial charge in [0.05, 0.1) is 6.10 Å². The number of nitrogens with two attached hydrogens (primary N) is 1. The van der Waals surface area contributed by atoms with Crippen molar-refractivity contribution in [3.05, 3.63) is 0 Å². The summed E-state index contributed by atoms with van der Waals surface area (Å²) in [6.07, 6.45) is -5.43. The first-order valence-electron chi connectivity index (χ1n) is 6.74. The third-order valence-electron chi connectivity index (χ3n) is 2.89. The number of rotatable bonds is 9. The minimum absolute atomic E-state index is 0.0381. The molecule has 0 fully saturated rings. The van der Waals surface area contributed by atoms with Crippen molar-refractivity contribution in [3.8, 4) is 0 Å². The van der Waals surface area contributed by atoms with Gasteiger partial charge in [0, 0.05) is 27.7 Å². The molecule has 3 N–H and O–H groups in total. The van der Waals surface area contributed by atoms with E-state index in [0.717, 1.165) is 0 Å². The molecule has 0 aliphatic rings. The summed E-state index contributed by atoms with van der Waals surface area (Å²) in [7, 11) is -3.15. The Morgan fingerprint density at radius 3 is 2.43 bits per heavy atom. The molecule has 0 aliphatic heterocycles. The molecule has 0 radical (unpaired) electrons. The van der Waals surface area contributed by atoms with E-state index in [4.69, 9.17) is 15.3 Å². The Morgan fingerprint density at radius 1 is 1.38 bits per heavy atom. The molecule has 5 nitrogen and oxygen atoms in total. The molecule has 9 heteroatoms.